The molecule has 1 aliphatic rings. The molecule has 1 heterocycles. The molecule has 0 fully saturated rings. The number of anilines is 1. The van der Waals surface area contributed by atoms with Crippen molar-refractivity contribution in [3.05, 3.63) is 29.8 Å². The Labute approximate surface area is 193 Å². The molecule has 7 heteroatoms. The highest BCUT2D eigenvalue weighted by Crippen LogP contribution is 2.31. The van der Waals surface area contributed by atoms with Crippen molar-refractivity contribution in [3.8, 4) is 0 Å². The minimum Gasteiger partial charge on any atom is -0.357 e. The van der Waals surface area contributed by atoms with E-state index in [1.54, 1.807) is 0 Å². The van der Waals surface area contributed by atoms with Gasteiger partial charge in [-0.25, -0.2) is 0 Å². The lowest BCUT2D eigenvalue weighted by atomic mass is 9.91. The van der Waals surface area contributed by atoms with Gasteiger partial charge in [0.05, 0.1) is 6.54 Å². The van der Waals surface area contributed by atoms with E-state index in [1.807, 2.05) is 18.2 Å². The van der Waals surface area contributed by atoms with E-state index in [2.05, 4.69) is 47.7 Å². The molecule has 1 aromatic rings. The predicted octanol–water partition coefficient (Wildman–Crippen LogP) is 3.80. The standard InChI is InChI=1S/C22H37N5O.HI/c1-4-13-27(14-5-2)15-9-12-24-22(23-6-3)25-17-18-16-21(28)26-20-11-8-7-10-19(18)20;/h7-8,10-11,18H,4-6,9,12-17H2,1-3H3,(H,26,28)(H2,23,24,25);1H. The molecule has 0 saturated carbocycles. The molecule has 0 aromatic heterocycles. The van der Waals surface area contributed by atoms with Gasteiger partial charge in [0.1, 0.15) is 0 Å². The number of para-hydroxylation sites is 1. The molecule has 164 valence electrons. The molecule has 0 saturated heterocycles. The number of nitrogens with zero attached hydrogens (tertiary/aromatic N) is 2. The smallest absolute Gasteiger partial charge is 0.225 e. The van der Waals surface area contributed by atoms with Crippen LogP contribution < -0.4 is 16.0 Å². The third kappa shape index (κ3) is 8.90. The van der Waals surface area contributed by atoms with E-state index in [1.165, 1.54) is 31.5 Å². The first-order valence-corrected chi connectivity index (χ1v) is 10.8. The Morgan fingerprint density at radius 2 is 1.86 bits per heavy atom. The number of halogens is 1. The fourth-order valence-corrected chi connectivity index (χ4v) is 3.69. The summed E-state index contributed by atoms with van der Waals surface area (Å²) in [6.07, 6.45) is 3.99. The molecule has 1 atom stereocenters. The van der Waals surface area contributed by atoms with Crippen LogP contribution in [0, 0.1) is 0 Å². The Kier molecular flexibility index (Phi) is 12.9. The number of aliphatic imine (C=N–C) groups is 1. The largest absolute Gasteiger partial charge is 0.357 e. The average Bonchev–Trinajstić information content (AvgIpc) is 2.69. The van der Waals surface area contributed by atoms with Gasteiger partial charge in [0.25, 0.3) is 0 Å². The van der Waals surface area contributed by atoms with Crippen LogP contribution in [0.15, 0.2) is 29.3 Å². The summed E-state index contributed by atoms with van der Waals surface area (Å²) in [7, 11) is 0. The molecule has 2 rings (SSSR count). The summed E-state index contributed by atoms with van der Waals surface area (Å²) in [4.78, 5) is 19.3. The Hall–Kier alpha value is -1.35. The SMILES string of the molecule is CCCN(CCC)CCCNC(=NCC1CC(=O)Nc2ccccc21)NCC.I. The lowest BCUT2D eigenvalue weighted by Gasteiger charge is -2.24. The molecule has 1 aliphatic heterocycles. The second-order valence-electron chi connectivity index (χ2n) is 7.38. The number of hydrogen-bond acceptors (Lipinski definition) is 3. The van der Waals surface area contributed by atoms with Gasteiger partial charge in [0.2, 0.25) is 5.91 Å². The summed E-state index contributed by atoms with van der Waals surface area (Å²) in [5, 5.41) is 9.72. The van der Waals surface area contributed by atoms with Gasteiger partial charge in [0, 0.05) is 31.1 Å². The first-order chi connectivity index (χ1) is 13.7. The van der Waals surface area contributed by atoms with E-state index < -0.39 is 0 Å². The summed E-state index contributed by atoms with van der Waals surface area (Å²) in [5.74, 6) is 1.04. The summed E-state index contributed by atoms with van der Waals surface area (Å²) < 4.78 is 0. The first kappa shape index (κ1) is 25.7. The highest BCUT2D eigenvalue weighted by molar-refractivity contribution is 14.0. The van der Waals surface area contributed by atoms with Crippen molar-refractivity contribution < 1.29 is 4.79 Å². The van der Waals surface area contributed by atoms with Gasteiger partial charge >= 0.3 is 0 Å². The van der Waals surface area contributed by atoms with Crippen molar-refractivity contribution in [2.75, 3.05) is 44.6 Å². The van der Waals surface area contributed by atoms with Crippen molar-refractivity contribution in [1.29, 1.82) is 0 Å². The molecule has 1 unspecified atom stereocenters. The zero-order chi connectivity index (χ0) is 20.2. The van der Waals surface area contributed by atoms with Gasteiger partial charge < -0.3 is 20.9 Å². The summed E-state index contributed by atoms with van der Waals surface area (Å²) in [6.45, 7) is 12.3. The average molecular weight is 515 g/mol. The van der Waals surface area contributed by atoms with Crippen molar-refractivity contribution in [1.82, 2.24) is 15.5 Å². The Balaban J connectivity index is 0.00000420. The fourth-order valence-electron chi connectivity index (χ4n) is 3.69. The van der Waals surface area contributed by atoms with Crippen LogP contribution in [-0.2, 0) is 4.79 Å². The minimum absolute atomic E-state index is 0. The zero-order valence-electron chi connectivity index (χ0n) is 18.2. The maximum atomic E-state index is 12.0. The van der Waals surface area contributed by atoms with E-state index in [-0.39, 0.29) is 35.8 Å². The topological polar surface area (TPSA) is 68.8 Å². The fraction of sp³-hybridized carbons (Fsp3) is 0.636. The Bertz CT molecular complexity index is 631. The van der Waals surface area contributed by atoms with Crippen molar-refractivity contribution >= 4 is 41.5 Å². The molecular formula is C22H38IN5O. The molecule has 6 nitrogen and oxygen atoms in total. The van der Waals surface area contributed by atoms with E-state index in [0.29, 0.717) is 13.0 Å². The number of hydrogen-bond donors (Lipinski definition) is 3. The van der Waals surface area contributed by atoms with Crippen LogP contribution in [0.25, 0.3) is 0 Å². The van der Waals surface area contributed by atoms with Gasteiger partial charge in [0.15, 0.2) is 5.96 Å². The Morgan fingerprint density at radius 3 is 2.55 bits per heavy atom. The third-order valence-corrected chi connectivity index (χ3v) is 4.94. The molecule has 0 radical (unpaired) electrons. The number of rotatable bonds is 11. The maximum Gasteiger partial charge on any atom is 0.225 e. The molecule has 0 bridgehead atoms. The van der Waals surface area contributed by atoms with Crippen molar-refractivity contribution in [3.63, 3.8) is 0 Å². The predicted molar refractivity (Wildman–Crippen MR) is 133 cm³/mol. The number of fused-ring (bicyclic) bond motifs is 1. The third-order valence-electron chi connectivity index (χ3n) is 4.94. The number of carbonyl (C=O) groups is 1. The van der Waals surface area contributed by atoms with Crippen LogP contribution in [0.1, 0.15) is 57.9 Å². The van der Waals surface area contributed by atoms with Gasteiger partial charge in [-0.2, -0.15) is 0 Å². The second-order valence-corrected chi connectivity index (χ2v) is 7.38. The summed E-state index contributed by atoms with van der Waals surface area (Å²) >= 11 is 0. The lowest BCUT2D eigenvalue weighted by molar-refractivity contribution is -0.116. The molecule has 1 aromatic carbocycles. The van der Waals surface area contributed by atoms with Crippen LogP contribution in [-0.4, -0.2) is 56.0 Å². The molecular weight excluding hydrogens is 477 g/mol. The number of carbonyl (C=O) groups excluding carboxylic acids is 1. The van der Waals surface area contributed by atoms with Gasteiger partial charge in [-0.3, -0.25) is 9.79 Å². The van der Waals surface area contributed by atoms with E-state index in [4.69, 9.17) is 4.99 Å². The maximum absolute atomic E-state index is 12.0. The highest BCUT2D eigenvalue weighted by Gasteiger charge is 2.24. The summed E-state index contributed by atoms with van der Waals surface area (Å²) in [5.41, 5.74) is 2.10. The minimum atomic E-state index is 0. The lowest BCUT2D eigenvalue weighted by Crippen LogP contribution is -2.39. The monoisotopic (exact) mass is 515 g/mol. The molecule has 0 spiro atoms. The highest BCUT2D eigenvalue weighted by atomic mass is 127. The van der Waals surface area contributed by atoms with Gasteiger partial charge in [-0.1, -0.05) is 32.0 Å². The first-order valence-electron chi connectivity index (χ1n) is 10.8. The molecule has 0 aliphatic carbocycles. The van der Waals surface area contributed by atoms with Crippen molar-refractivity contribution in [2.24, 2.45) is 4.99 Å². The summed E-state index contributed by atoms with van der Waals surface area (Å²) in [6, 6.07) is 8.03. The van der Waals surface area contributed by atoms with Gasteiger partial charge in [-0.15, -0.1) is 24.0 Å². The zero-order valence-corrected chi connectivity index (χ0v) is 20.5. The molecule has 1 amide bonds. The van der Waals surface area contributed by atoms with Crippen LogP contribution in [0.3, 0.4) is 0 Å². The van der Waals surface area contributed by atoms with Crippen LogP contribution >= 0.6 is 24.0 Å². The van der Waals surface area contributed by atoms with Crippen LogP contribution in [0.4, 0.5) is 5.69 Å². The number of guanidine groups is 1. The van der Waals surface area contributed by atoms with E-state index in [0.717, 1.165) is 37.7 Å². The Morgan fingerprint density at radius 1 is 1.14 bits per heavy atom. The molecule has 29 heavy (non-hydrogen) atoms. The second kappa shape index (κ2) is 14.6. The van der Waals surface area contributed by atoms with Gasteiger partial charge in [-0.05, 0) is 57.5 Å². The van der Waals surface area contributed by atoms with Crippen LogP contribution in [0.5, 0.6) is 0 Å². The number of amides is 1. The number of nitrogens with one attached hydrogen (secondary N) is 3. The van der Waals surface area contributed by atoms with Crippen LogP contribution in [0.2, 0.25) is 0 Å². The van der Waals surface area contributed by atoms with E-state index >= 15 is 0 Å². The molecule has 3 N–H and O–H groups in total. The number of benzene rings is 1. The quantitative estimate of drug-likeness (QED) is 0.182. The normalized spacial score (nSPS) is 16.1. The van der Waals surface area contributed by atoms with Crippen molar-refractivity contribution in [2.45, 2.75) is 52.4 Å². The van der Waals surface area contributed by atoms with E-state index in [9.17, 15) is 4.79 Å².